The molecule has 0 aliphatic carbocycles. The molecule has 2 aliphatic heterocycles. The van der Waals surface area contributed by atoms with Crippen LogP contribution in [0.1, 0.15) is 38.3 Å². The largest absolute Gasteiger partial charge is 0.511 e. The van der Waals surface area contributed by atoms with Crippen molar-refractivity contribution in [2.75, 3.05) is 19.8 Å². The molecule has 2 aromatic rings. The zero-order valence-corrected chi connectivity index (χ0v) is 20.1. The number of hydrogen-bond acceptors (Lipinski definition) is 5. The van der Waals surface area contributed by atoms with Crippen LogP contribution in [0.15, 0.2) is 59.9 Å². The Morgan fingerprint density at radius 1 is 1.03 bits per heavy atom. The van der Waals surface area contributed by atoms with Crippen LogP contribution < -0.4 is 5.32 Å². The molecule has 0 atom stereocenters. The summed E-state index contributed by atoms with van der Waals surface area (Å²) in [6.45, 7) is 6.62. The zero-order valence-electron chi connectivity index (χ0n) is 20.1. The summed E-state index contributed by atoms with van der Waals surface area (Å²) >= 11 is 0. The summed E-state index contributed by atoms with van der Waals surface area (Å²) in [6.07, 6.45) is 0.0762. The summed E-state index contributed by atoms with van der Waals surface area (Å²) in [7, 11) is 0. The van der Waals surface area contributed by atoms with Gasteiger partial charge in [0.15, 0.2) is 0 Å². The van der Waals surface area contributed by atoms with Gasteiger partial charge < -0.3 is 25.2 Å². The summed E-state index contributed by atoms with van der Waals surface area (Å²) in [5.41, 5.74) is 3.20. The molecule has 1 fully saturated rings. The highest BCUT2D eigenvalue weighted by atomic mass is 16.5. The molecule has 0 aromatic heterocycles. The van der Waals surface area contributed by atoms with Crippen LogP contribution in [0.2, 0.25) is 0 Å². The molecule has 8 nitrogen and oxygen atoms in total. The van der Waals surface area contributed by atoms with Crippen molar-refractivity contribution in [1.82, 2.24) is 10.2 Å². The predicted octanol–water partition coefficient (Wildman–Crippen LogP) is 3.17. The van der Waals surface area contributed by atoms with Crippen LogP contribution in [0.3, 0.4) is 0 Å². The van der Waals surface area contributed by atoms with E-state index in [-0.39, 0.29) is 37.4 Å². The summed E-state index contributed by atoms with van der Waals surface area (Å²) in [6, 6.07) is 16.3. The van der Waals surface area contributed by atoms with Crippen LogP contribution in [0.4, 0.5) is 0 Å². The van der Waals surface area contributed by atoms with Crippen molar-refractivity contribution >= 4 is 17.8 Å². The van der Waals surface area contributed by atoms with Crippen LogP contribution in [-0.4, -0.2) is 58.2 Å². The van der Waals surface area contributed by atoms with Gasteiger partial charge in [-0.3, -0.25) is 14.4 Å². The van der Waals surface area contributed by atoms with Crippen molar-refractivity contribution < 1.29 is 29.3 Å². The molecule has 1 saturated heterocycles. The SMILES string of the molecule is CC(C)(C)c1ccc(-c2ccc(CN3C(=O)C(C(=O)NCC(=O)O)=C(O)CC34COC4)cc2)cc1. The van der Waals surface area contributed by atoms with Gasteiger partial charge in [0.05, 0.1) is 18.8 Å². The molecule has 1 spiro atoms. The highest BCUT2D eigenvalue weighted by molar-refractivity contribution is 6.19. The average Bonchev–Trinajstić information content (AvgIpc) is 2.78. The van der Waals surface area contributed by atoms with Crippen LogP contribution >= 0.6 is 0 Å². The Kier molecular flexibility index (Phi) is 6.42. The number of aliphatic hydroxyl groups excluding tert-OH is 1. The number of nitrogens with one attached hydrogen (secondary N) is 1. The Labute approximate surface area is 204 Å². The first-order valence-electron chi connectivity index (χ1n) is 11.5. The highest BCUT2D eigenvalue weighted by Crippen LogP contribution is 2.38. The van der Waals surface area contributed by atoms with Gasteiger partial charge in [-0.05, 0) is 27.7 Å². The molecule has 3 N–H and O–H groups in total. The van der Waals surface area contributed by atoms with E-state index in [4.69, 9.17) is 9.84 Å². The van der Waals surface area contributed by atoms with E-state index in [0.29, 0.717) is 0 Å². The minimum atomic E-state index is -1.24. The summed E-state index contributed by atoms with van der Waals surface area (Å²) < 4.78 is 5.36. The number of ether oxygens (including phenoxy) is 1. The van der Waals surface area contributed by atoms with Crippen molar-refractivity contribution in [2.24, 2.45) is 0 Å². The van der Waals surface area contributed by atoms with E-state index in [0.717, 1.165) is 16.7 Å². The van der Waals surface area contributed by atoms with E-state index in [1.165, 1.54) is 5.56 Å². The molecule has 4 rings (SSSR count). The summed E-state index contributed by atoms with van der Waals surface area (Å²) in [5, 5.41) is 21.4. The van der Waals surface area contributed by atoms with E-state index < -0.39 is 35.4 Å². The first-order valence-corrected chi connectivity index (χ1v) is 11.5. The van der Waals surface area contributed by atoms with Gasteiger partial charge in [0.25, 0.3) is 11.8 Å². The molecule has 0 saturated carbocycles. The van der Waals surface area contributed by atoms with Gasteiger partial charge in [-0.15, -0.1) is 0 Å². The molecule has 0 radical (unpaired) electrons. The quantitative estimate of drug-likeness (QED) is 0.549. The predicted molar refractivity (Wildman–Crippen MR) is 130 cm³/mol. The number of carboxylic acids is 1. The lowest BCUT2D eigenvalue weighted by atomic mass is 9.83. The van der Waals surface area contributed by atoms with Crippen LogP contribution in [-0.2, 0) is 31.1 Å². The maximum atomic E-state index is 13.3. The normalized spacial score (nSPS) is 17.3. The summed E-state index contributed by atoms with van der Waals surface area (Å²) in [5.74, 6) is -3.12. The maximum Gasteiger partial charge on any atom is 0.322 e. The average molecular weight is 479 g/mol. The molecule has 2 aromatic carbocycles. The molecule has 8 heteroatoms. The van der Waals surface area contributed by atoms with Crippen molar-refractivity contribution in [1.29, 1.82) is 0 Å². The number of rotatable bonds is 6. The van der Waals surface area contributed by atoms with Gasteiger partial charge in [-0.25, -0.2) is 0 Å². The second-order valence-corrected chi connectivity index (χ2v) is 10.2. The number of nitrogens with zero attached hydrogens (tertiary/aromatic N) is 1. The van der Waals surface area contributed by atoms with Crippen molar-refractivity contribution in [3.05, 3.63) is 71.0 Å². The minimum absolute atomic E-state index is 0.0762. The molecular weight excluding hydrogens is 448 g/mol. The third-order valence-electron chi connectivity index (χ3n) is 6.56. The zero-order chi connectivity index (χ0) is 25.4. The standard InChI is InChI=1S/C27H30N2O6/c1-26(2,3)20-10-8-19(9-11-20)18-6-4-17(5-7-18)14-29-25(34)23(24(33)28-13-22(31)32)21(30)12-27(29)15-35-16-27/h4-11,30H,12-16H2,1-3H3,(H,28,33)(H,31,32). The van der Waals surface area contributed by atoms with Crippen LogP contribution in [0.5, 0.6) is 0 Å². The molecule has 184 valence electrons. The number of carbonyl (C=O) groups excluding carboxylic acids is 2. The second-order valence-electron chi connectivity index (χ2n) is 10.2. The Morgan fingerprint density at radius 2 is 1.60 bits per heavy atom. The van der Waals surface area contributed by atoms with Crippen molar-refractivity contribution in [2.45, 2.75) is 44.7 Å². The molecule has 2 aliphatic rings. The van der Waals surface area contributed by atoms with E-state index in [2.05, 4.69) is 50.4 Å². The van der Waals surface area contributed by atoms with Gasteiger partial charge in [0.1, 0.15) is 17.9 Å². The van der Waals surface area contributed by atoms with E-state index in [1.54, 1.807) is 4.90 Å². The number of benzene rings is 2. The van der Waals surface area contributed by atoms with Crippen LogP contribution in [0.25, 0.3) is 11.1 Å². The molecule has 35 heavy (non-hydrogen) atoms. The summed E-state index contributed by atoms with van der Waals surface area (Å²) in [4.78, 5) is 38.1. The van der Waals surface area contributed by atoms with Crippen molar-refractivity contribution in [3.63, 3.8) is 0 Å². The maximum absolute atomic E-state index is 13.3. The van der Waals surface area contributed by atoms with E-state index >= 15 is 0 Å². The molecule has 2 amide bonds. The smallest absolute Gasteiger partial charge is 0.322 e. The van der Waals surface area contributed by atoms with Gasteiger partial charge >= 0.3 is 5.97 Å². The van der Waals surface area contributed by atoms with Gasteiger partial charge in [-0.2, -0.15) is 0 Å². The Hall–Kier alpha value is -3.65. The van der Waals surface area contributed by atoms with Crippen molar-refractivity contribution in [3.8, 4) is 11.1 Å². The molecule has 0 bridgehead atoms. The van der Waals surface area contributed by atoms with Gasteiger partial charge in [0, 0.05) is 13.0 Å². The van der Waals surface area contributed by atoms with E-state index in [1.807, 2.05) is 24.3 Å². The van der Waals surface area contributed by atoms with E-state index in [9.17, 15) is 19.5 Å². The molecular formula is C27H30N2O6. The topological polar surface area (TPSA) is 116 Å². The number of amides is 2. The molecule has 2 heterocycles. The number of carboxylic acid groups (broad SMARTS) is 1. The second kappa shape index (κ2) is 9.19. The van der Waals surface area contributed by atoms with Gasteiger partial charge in [0.2, 0.25) is 0 Å². The Bertz CT molecular complexity index is 1170. The minimum Gasteiger partial charge on any atom is -0.511 e. The first kappa shape index (κ1) is 24.5. The number of aliphatic hydroxyl groups is 1. The number of hydrogen-bond donors (Lipinski definition) is 3. The Morgan fingerprint density at radius 3 is 2.09 bits per heavy atom. The fourth-order valence-electron chi connectivity index (χ4n) is 4.42. The third-order valence-corrected chi connectivity index (χ3v) is 6.56. The first-order chi connectivity index (χ1) is 16.5. The van der Waals surface area contributed by atoms with Gasteiger partial charge in [-0.1, -0.05) is 69.3 Å². The Balaban J connectivity index is 1.54. The van der Waals surface area contributed by atoms with Crippen LogP contribution in [0, 0.1) is 0 Å². The third kappa shape index (κ3) is 4.93. The number of aliphatic carboxylic acids is 1. The lowest BCUT2D eigenvalue weighted by molar-refractivity contribution is -0.172. The lowest BCUT2D eigenvalue weighted by Crippen LogP contribution is -2.66. The highest BCUT2D eigenvalue weighted by Gasteiger charge is 2.52. The fraction of sp³-hybridized carbons (Fsp3) is 0.370. The monoisotopic (exact) mass is 478 g/mol. The molecule has 0 unspecified atom stereocenters. The lowest BCUT2D eigenvalue weighted by Gasteiger charge is -2.51. The fourth-order valence-corrected chi connectivity index (χ4v) is 4.42. The number of carbonyl (C=O) groups is 3.